The van der Waals surface area contributed by atoms with Crippen LogP contribution in [0.5, 0.6) is 0 Å². The Kier molecular flexibility index (Phi) is 4.87. The van der Waals surface area contributed by atoms with Gasteiger partial charge in [0.25, 0.3) is 0 Å². The Bertz CT molecular complexity index is 664. The Balaban J connectivity index is 1.95. The van der Waals surface area contributed by atoms with Crippen LogP contribution < -0.4 is 5.32 Å². The molecule has 0 spiro atoms. The minimum absolute atomic E-state index is 0.226. The van der Waals surface area contributed by atoms with Crippen molar-refractivity contribution in [3.05, 3.63) is 47.3 Å². The first-order valence-corrected chi connectivity index (χ1v) is 6.76. The zero-order chi connectivity index (χ0) is 17.0. The summed E-state index contributed by atoms with van der Waals surface area (Å²) in [6, 6.07) is 4.62. The number of benzene rings is 1. The molecule has 1 aromatic carbocycles. The van der Waals surface area contributed by atoms with Gasteiger partial charge in [-0.1, -0.05) is 17.3 Å². The fourth-order valence-electron chi connectivity index (χ4n) is 1.81. The normalized spacial score (nSPS) is 11.3. The Labute approximate surface area is 130 Å². The van der Waals surface area contributed by atoms with Crippen LogP contribution in [-0.4, -0.2) is 40.0 Å². The maximum atomic E-state index is 12.5. The van der Waals surface area contributed by atoms with E-state index in [1.54, 1.807) is 20.3 Å². The number of nitrogens with zero attached hydrogens (tertiary/aromatic N) is 4. The molecule has 2 aromatic rings. The fraction of sp³-hybridized carbons (Fsp3) is 0.357. The lowest BCUT2D eigenvalue weighted by atomic mass is 10.1. The molecule has 0 aliphatic heterocycles. The molecule has 124 valence electrons. The van der Waals surface area contributed by atoms with Gasteiger partial charge >= 0.3 is 12.2 Å². The van der Waals surface area contributed by atoms with Crippen molar-refractivity contribution in [3.8, 4) is 0 Å². The van der Waals surface area contributed by atoms with Crippen molar-refractivity contribution in [1.29, 1.82) is 0 Å². The summed E-state index contributed by atoms with van der Waals surface area (Å²) in [6.45, 7) is 0.525. The molecule has 0 aliphatic carbocycles. The van der Waals surface area contributed by atoms with Gasteiger partial charge in [-0.15, -0.1) is 5.10 Å². The average Bonchev–Trinajstić information content (AvgIpc) is 2.91. The molecule has 1 heterocycles. The highest BCUT2D eigenvalue weighted by molar-refractivity contribution is 5.73. The predicted octanol–water partition coefficient (Wildman–Crippen LogP) is 2.12. The molecule has 0 unspecified atom stereocenters. The zero-order valence-corrected chi connectivity index (χ0v) is 12.6. The van der Waals surface area contributed by atoms with Crippen LogP contribution in [0.15, 0.2) is 30.5 Å². The Morgan fingerprint density at radius 3 is 2.48 bits per heavy atom. The van der Waals surface area contributed by atoms with Gasteiger partial charge in [-0.05, 0) is 17.7 Å². The van der Waals surface area contributed by atoms with Gasteiger partial charge in [0.1, 0.15) is 5.69 Å². The molecule has 0 atom stereocenters. The Morgan fingerprint density at radius 1 is 1.26 bits per heavy atom. The van der Waals surface area contributed by atoms with E-state index in [2.05, 4.69) is 15.6 Å². The first-order chi connectivity index (χ1) is 10.8. The number of alkyl halides is 3. The first-order valence-electron chi connectivity index (χ1n) is 6.76. The summed E-state index contributed by atoms with van der Waals surface area (Å²) in [4.78, 5) is 12.8. The largest absolute Gasteiger partial charge is 0.416 e. The third kappa shape index (κ3) is 4.70. The molecule has 0 bridgehead atoms. The van der Waals surface area contributed by atoms with E-state index in [1.165, 1.54) is 21.7 Å². The highest BCUT2D eigenvalue weighted by Crippen LogP contribution is 2.29. The molecule has 2 amide bonds. The lowest BCUT2D eigenvalue weighted by molar-refractivity contribution is -0.137. The second-order valence-electron chi connectivity index (χ2n) is 5.16. The number of nitrogens with one attached hydrogen (secondary N) is 1. The van der Waals surface area contributed by atoms with Gasteiger partial charge in [0.15, 0.2) is 0 Å². The highest BCUT2D eigenvalue weighted by Gasteiger charge is 2.29. The number of rotatable bonds is 4. The van der Waals surface area contributed by atoms with Crippen molar-refractivity contribution in [2.75, 3.05) is 14.1 Å². The summed E-state index contributed by atoms with van der Waals surface area (Å²) in [6.07, 6.45) is -2.71. The van der Waals surface area contributed by atoms with E-state index < -0.39 is 11.7 Å². The van der Waals surface area contributed by atoms with Crippen molar-refractivity contribution in [1.82, 2.24) is 25.2 Å². The summed E-state index contributed by atoms with van der Waals surface area (Å²) in [5.74, 6) is 0. The van der Waals surface area contributed by atoms with Gasteiger partial charge in [-0.3, -0.25) is 0 Å². The highest BCUT2D eigenvalue weighted by atomic mass is 19.4. The number of urea groups is 1. The van der Waals surface area contributed by atoms with E-state index in [0.29, 0.717) is 17.8 Å². The SMILES string of the molecule is CN(C)C(=O)NCc1cn(Cc2ccc(C(F)(F)F)cc2)nn1. The van der Waals surface area contributed by atoms with Gasteiger partial charge in [-0.25, -0.2) is 9.48 Å². The van der Waals surface area contributed by atoms with E-state index in [1.807, 2.05) is 0 Å². The summed E-state index contributed by atoms with van der Waals surface area (Å²) in [5.41, 5.74) is 0.547. The molecule has 0 radical (unpaired) electrons. The van der Waals surface area contributed by atoms with Crippen LogP contribution in [0.4, 0.5) is 18.0 Å². The summed E-state index contributed by atoms with van der Waals surface area (Å²) in [5, 5.41) is 10.4. The van der Waals surface area contributed by atoms with Crippen LogP contribution in [0.25, 0.3) is 0 Å². The lowest BCUT2D eigenvalue weighted by Gasteiger charge is -2.10. The molecule has 6 nitrogen and oxygen atoms in total. The number of carbonyl (C=O) groups is 1. The second-order valence-corrected chi connectivity index (χ2v) is 5.16. The maximum Gasteiger partial charge on any atom is 0.416 e. The van der Waals surface area contributed by atoms with Crippen molar-refractivity contribution in [2.24, 2.45) is 0 Å². The summed E-state index contributed by atoms with van der Waals surface area (Å²) in [7, 11) is 3.24. The monoisotopic (exact) mass is 327 g/mol. The molecule has 9 heteroatoms. The van der Waals surface area contributed by atoms with Crippen molar-refractivity contribution >= 4 is 6.03 Å². The van der Waals surface area contributed by atoms with Gasteiger partial charge in [0.2, 0.25) is 0 Å². The molecule has 0 saturated carbocycles. The second kappa shape index (κ2) is 6.67. The zero-order valence-electron chi connectivity index (χ0n) is 12.6. The molecule has 1 aromatic heterocycles. The summed E-state index contributed by atoms with van der Waals surface area (Å²) < 4.78 is 39.0. The number of amides is 2. The topological polar surface area (TPSA) is 63.1 Å². The Hall–Kier alpha value is -2.58. The van der Waals surface area contributed by atoms with E-state index in [0.717, 1.165) is 12.1 Å². The summed E-state index contributed by atoms with van der Waals surface area (Å²) >= 11 is 0. The molecule has 0 saturated heterocycles. The maximum absolute atomic E-state index is 12.5. The number of halogens is 3. The van der Waals surface area contributed by atoms with Crippen LogP contribution in [-0.2, 0) is 19.3 Å². The smallest absolute Gasteiger partial charge is 0.332 e. The lowest BCUT2D eigenvalue weighted by Crippen LogP contribution is -2.34. The minimum atomic E-state index is -4.34. The first kappa shape index (κ1) is 16.8. The van der Waals surface area contributed by atoms with Crippen LogP contribution in [0.1, 0.15) is 16.8 Å². The molecular formula is C14H16F3N5O. The van der Waals surface area contributed by atoms with Gasteiger partial charge in [0, 0.05) is 14.1 Å². The number of hydrogen-bond acceptors (Lipinski definition) is 3. The Morgan fingerprint density at radius 2 is 1.91 bits per heavy atom. The molecule has 0 fully saturated rings. The fourth-order valence-corrected chi connectivity index (χ4v) is 1.81. The van der Waals surface area contributed by atoms with Crippen molar-refractivity contribution in [2.45, 2.75) is 19.3 Å². The van der Waals surface area contributed by atoms with E-state index in [-0.39, 0.29) is 12.6 Å². The van der Waals surface area contributed by atoms with Crippen LogP contribution in [0, 0.1) is 0 Å². The molecular weight excluding hydrogens is 311 g/mol. The minimum Gasteiger partial charge on any atom is -0.332 e. The molecule has 1 N–H and O–H groups in total. The van der Waals surface area contributed by atoms with Crippen molar-refractivity contribution in [3.63, 3.8) is 0 Å². The number of hydrogen-bond donors (Lipinski definition) is 1. The molecule has 23 heavy (non-hydrogen) atoms. The number of aromatic nitrogens is 3. The number of carbonyl (C=O) groups excluding carboxylic acids is 1. The van der Waals surface area contributed by atoms with Crippen LogP contribution in [0.3, 0.4) is 0 Å². The van der Waals surface area contributed by atoms with Gasteiger partial charge < -0.3 is 10.2 Å². The van der Waals surface area contributed by atoms with E-state index in [4.69, 9.17) is 0 Å². The van der Waals surface area contributed by atoms with Crippen LogP contribution >= 0.6 is 0 Å². The molecule has 0 aliphatic rings. The quantitative estimate of drug-likeness (QED) is 0.935. The third-order valence-electron chi connectivity index (χ3n) is 3.04. The van der Waals surface area contributed by atoms with Gasteiger partial charge in [-0.2, -0.15) is 13.2 Å². The van der Waals surface area contributed by atoms with Crippen molar-refractivity contribution < 1.29 is 18.0 Å². The third-order valence-corrected chi connectivity index (χ3v) is 3.04. The molecule has 2 rings (SSSR count). The predicted molar refractivity (Wildman–Crippen MR) is 76.5 cm³/mol. The standard InChI is InChI=1S/C14H16F3N5O/c1-21(2)13(23)18-7-12-9-22(20-19-12)8-10-3-5-11(6-4-10)14(15,16)17/h3-6,9H,7-8H2,1-2H3,(H,18,23). The van der Waals surface area contributed by atoms with Crippen LogP contribution in [0.2, 0.25) is 0 Å². The average molecular weight is 327 g/mol. The van der Waals surface area contributed by atoms with E-state index in [9.17, 15) is 18.0 Å². The van der Waals surface area contributed by atoms with Gasteiger partial charge in [0.05, 0.1) is 24.8 Å². The van der Waals surface area contributed by atoms with E-state index >= 15 is 0 Å².